The van der Waals surface area contributed by atoms with E-state index in [1.807, 2.05) is 12.1 Å². The predicted molar refractivity (Wildman–Crippen MR) is 58.4 cm³/mol. The van der Waals surface area contributed by atoms with Crippen LogP contribution in [0.4, 0.5) is 0 Å². The highest BCUT2D eigenvalue weighted by Gasteiger charge is 2.07. The van der Waals surface area contributed by atoms with Crippen LogP contribution in [0.5, 0.6) is 0 Å². The van der Waals surface area contributed by atoms with Crippen molar-refractivity contribution < 1.29 is 0 Å². The number of hydrogen-bond donors (Lipinski definition) is 0. The van der Waals surface area contributed by atoms with Crippen molar-refractivity contribution in [2.75, 3.05) is 0 Å². The number of nitriles is 1. The Morgan fingerprint density at radius 2 is 2.27 bits per heavy atom. The van der Waals surface area contributed by atoms with Gasteiger partial charge in [0, 0.05) is 23.7 Å². The highest BCUT2D eigenvalue weighted by Crippen LogP contribution is 2.20. The lowest BCUT2D eigenvalue weighted by Gasteiger charge is -2.06. The van der Waals surface area contributed by atoms with Gasteiger partial charge >= 0.3 is 0 Å². The minimum Gasteiger partial charge on any atom is -0.237 e. The second kappa shape index (κ2) is 4.24. The maximum atomic E-state index is 8.77. The molecule has 0 bridgehead atoms. The average molecular weight is 218 g/mol. The Bertz CT molecular complexity index is 531. The van der Waals surface area contributed by atoms with Gasteiger partial charge in [-0.3, -0.25) is 0 Å². The minimum absolute atomic E-state index is 0.340. The molecule has 0 spiro atoms. The van der Waals surface area contributed by atoms with Gasteiger partial charge in [0.15, 0.2) is 5.65 Å². The summed E-state index contributed by atoms with van der Waals surface area (Å²) in [6, 6.07) is 5.89. The summed E-state index contributed by atoms with van der Waals surface area (Å²) in [6.45, 7) is 0. The average Bonchev–Trinajstić information content (AvgIpc) is 2.30. The Hall–Kier alpha value is -1.66. The Labute approximate surface area is 92.3 Å². The molecule has 0 aromatic carbocycles. The van der Waals surface area contributed by atoms with Gasteiger partial charge in [-0.2, -0.15) is 5.26 Å². The lowest BCUT2D eigenvalue weighted by atomic mass is 10.0. The van der Waals surface area contributed by atoms with Crippen LogP contribution in [0.1, 0.15) is 11.1 Å². The topological polar surface area (TPSA) is 49.6 Å². The molecule has 0 unspecified atom stereocenters. The van der Waals surface area contributed by atoms with E-state index in [0.29, 0.717) is 17.9 Å². The minimum atomic E-state index is 0.340. The number of hydrogen-bond acceptors (Lipinski definition) is 3. The molecule has 2 aromatic heterocycles. The molecule has 0 N–H and O–H groups in total. The first kappa shape index (κ1) is 9.88. The van der Waals surface area contributed by atoms with Gasteiger partial charge in [0.1, 0.15) is 0 Å². The summed E-state index contributed by atoms with van der Waals surface area (Å²) in [4.78, 5) is 8.33. The van der Waals surface area contributed by atoms with Gasteiger partial charge in [-0.1, -0.05) is 0 Å². The van der Waals surface area contributed by atoms with Crippen LogP contribution in [0, 0.1) is 11.3 Å². The van der Waals surface area contributed by atoms with E-state index < -0.39 is 0 Å². The number of rotatable bonds is 2. The van der Waals surface area contributed by atoms with Gasteiger partial charge in [-0.25, -0.2) is 9.97 Å². The predicted octanol–water partition coefficient (Wildman–Crippen LogP) is 2.43. The number of aromatic nitrogens is 2. The zero-order valence-corrected chi connectivity index (χ0v) is 8.70. The zero-order valence-electron chi connectivity index (χ0n) is 7.94. The van der Waals surface area contributed by atoms with E-state index in [1.54, 1.807) is 12.4 Å². The molecule has 0 aliphatic rings. The maximum Gasteiger partial charge on any atom is 0.159 e. The van der Waals surface area contributed by atoms with Gasteiger partial charge < -0.3 is 0 Å². The first-order chi connectivity index (χ1) is 7.36. The normalized spacial score (nSPS) is 10.1. The molecule has 0 aliphatic carbocycles. The molecule has 2 heterocycles. The van der Waals surface area contributed by atoms with Crippen molar-refractivity contribution in [3.05, 3.63) is 35.7 Å². The van der Waals surface area contributed by atoms with Crippen LogP contribution in [0.3, 0.4) is 0 Å². The molecule has 0 radical (unpaired) electrons. The van der Waals surface area contributed by atoms with Crippen LogP contribution in [0.25, 0.3) is 11.0 Å². The van der Waals surface area contributed by atoms with Crippen LogP contribution < -0.4 is 0 Å². The van der Waals surface area contributed by atoms with Gasteiger partial charge in [0.05, 0.1) is 12.5 Å². The van der Waals surface area contributed by atoms with E-state index in [0.717, 1.165) is 16.5 Å². The standard InChI is InChI=1S/C11H8ClN3/c12-6-8-7-15-11-10(2-1-5-14-11)9(8)3-4-13/h1-2,5,7H,3,6H2. The largest absolute Gasteiger partial charge is 0.237 e. The Morgan fingerprint density at radius 1 is 1.40 bits per heavy atom. The molecule has 0 saturated heterocycles. The third-order valence-corrected chi connectivity index (χ3v) is 2.53. The molecule has 0 saturated carbocycles. The molecule has 3 nitrogen and oxygen atoms in total. The van der Waals surface area contributed by atoms with E-state index in [-0.39, 0.29) is 0 Å². The number of fused-ring (bicyclic) bond motifs is 1. The van der Waals surface area contributed by atoms with Crippen molar-refractivity contribution in [3.8, 4) is 6.07 Å². The summed E-state index contributed by atoms with van der Waals surface area (Å²) in [5.41, 5.74) is 2.50. The van der Waals surface area contributed by atoms with Crippen molar-refractivity contribution in [1.29, 1.82) is 5.26 Å². The van der Waals surface area contributed by atoms with Gasteiger partial charge in [-0.05, 0) is 23.3 Å². The quantitative estimate of drug-likeness (QED) is 0.726. The fraction of sp³-hybridized carbons (Fsp3) is 0.182. The monoisotopic (exact) mass is 217 g/mol. The molecule has 2 rings (SSSR count). The Kier molecular flexibility index (Phi) is 2.79. The highest BCUT2D eigenvalue weighted by molar-refractivity contribution is 6.17. The molecule has 4 heteroatoms. The number of pyridine rings is 2. The molecule has 0 atom stereocenters. The number of nitrogens with zero attached hydrogens (tertiary/aromatic N) is 3. The molecule has 0 fully saturated rings. The second-order valence-corrected chi connectivity index (χ2v) is 3.37. The van der Waals surface area contributed by atoms with Gasteiger partial charge in [0.2, 0.25) is 0 Å². The molecule has 15 heavy (non-hydrogen) atoms. The summed E-state index contributed by atoms with van der Waals surface area (Å²) < 4.78 is 0. The lowest BCUT2D eigenvalue weighted by molar-refractivity contribution is 1.16. The first-order valence-corrected chi connectivity index (χ1v) is 5.04. The molecular weight excluding hydrogens is 210 g/mol. The maximum absolute atomic E-state index is 8.77. The lowest BCUT2D eigenvalue weighted by Crippen LogP contribution is -1.96. The van der Waals surface area contributed by atoms with Crippen molar-refractivity contribution in [2.45, 2.75) is 12.3 Å². The summed E-state index contributed by atoms with van der Waals surface area (Å²) in [7, 11) is 0. The van der Waals surface area contributed by atoms with Crippen molar-refractivity contribution >= 4 is 22.6 Å². The smallest absolute Gasteiger partial charge is 0.159 e. The fourth-order valence-corrected chi connectivity index (χ4v) is 1.76. The SMILES string of the molecule is N#CCc1c(CCl)cnc2ncccc12. The van der Waals surface area contributed by atoms with Crippen molar-refractivity contribution in [2.24, 2.45) is 0 Å². The summed E-state index contributed by atoms with van der Waals surface area (Å²) in [6.07, 6.45) is 3.72. The van der Waals surface area contributed by atoms with Crippen molar-refractivity contribution in [3.63, 3.8) is 0 Å². The van der Waals surface area contributed by atoms with Crippen LogP contribution in [-0.2, 0) is 12.3 Å². The van der Waals surface area contributed by atoms with Crippen LogP contribution >= 0.6 is 11.6 Å². The molecule has 2 aromatic rings. The Morgan fingerprint density at radius 3 is 3.00 bits per heavy atom. The van der Waals surface area contributed by atoms with Crippen LogP contribution in [0.2, 0.25) is 0 Å². The van der Waals surface area contributed by atoms with Gasteiger partial charge in [0.25, 0.3) is 0 Å². The molecular formula is C11H8ClN3. The zero-order chi connectivity index (χ0) is 10.7. The number of halogens is 1. The van der Waals surface area contributed by atoms with E-state index >= 15 is 0 Å². The third-order valence-electron chi connectivity index (χ3n) is 2.24. The third kappa shape index (κ3) is 1.77. The molecule has 74 valence electrons. The fourth-order valence-electron chi connectivity index (χ4n) is 1.53. The second-order valence-electron chi connectivity index (χ2n) is 3.11. The van der Waals surface area contributed by atoms with E-state index in [1.165, 1.54) is 0 Å². The van der Waals surface area contributed by atoms with Crippen LogP contribution in [-0.4, -0.2) is 9.97 Å². The first-order valence-electron chi connectivity index (χ1n) is 4.51. The van der Waals surface area contributed by atoms with E-state index in [4.69, 9.17) is 16.9 Å². The number of alkyl halides is 1. The van der Waals surface area contributed by atoms with Crippen molar-refractivity contribution in [1.82, 2.24) is 9.97 Å². The van der Waals surface area contributed by atoms with E-state index in [2.05, 4.69) is 16.0 Å². The Balaban J connectivity index is 2.74. The molecule has 0 aliphatic heterocycles. The highest BCUT2D eigenvalue weighted by atomic mass is 35.5. The van der Waals surface area contributed by atoms with Gasteiger partial charge in [-0.15, -0.1) is 11.6 Å². The molecule has 0 amide bonds. The summed E-state index contributed by atoms with van der Waals surface area (Å²) in [5.74, 6) is 0.370. The summed E-state index contributed by atoms with van der Waals surface area (Å²) >= 11 is 5.80. The van der Waals surface area contributed by atoms with Crippen LogP contribution in [0.15, 0.2) is 24.5 Å². The summed E-state index contributed by atoms with van der Waals surface area (Å²) in [5, 5.41) is 9.68. The van der Waals surface area contributed by atoms with E-state index in [9.17, 15) is 0 Å².